The predicted octanol–water partition coefficient (Wildman–Crippen LogP) is 6.16. The van der Waals surface area contributed by atoms with Crippen molar-refractivity contribution in [1.29, 1.82) is 0 Å². The summed E-state index contributed by atoms with van der Waals surface area (Å²) in [5.74, 6) is 1.24. The molecule has 0 radical (unpaired) electrons. The van der Waals surface area contributed by atoms with Gasteiger partial charge in [0.05, 0.1) is 24.9 Å². The number of fused-ring (bicyclic) bond motifs is 3. The van der Waals surface area contributed by atoms with Crippen molar-refractivity contribution in [3.8, 4) is 11.6 Å². The lowest BCUT2D eigenvalue weighted by molar-refractivity contribution is 0.194. The monoisotopic (exact) mass is 470 g/mol. The van der Waals surface area contributed by atoms with E-state index in [0.717, 1.165) is 39.6 Å². The number of rotatable bonds is 4. The molecule has 0 saturated heterocycles. The highest BCUT2D eigenvalue weighted by molar-refractivity contribution is 5.90. The third kappa shape index (κ3) is 4.37. The normalized spacial score (nSPS) is 14.6. The van der Waals surface area contributed by atoms with E-state index in [-0.39, 0.29) is 11.8 Å². The Morgan fingerprint density at radius 3 is 2.57 bits per heavy atom. The van der Waals surface area contributed by atoms with Gasteiger partial charge in [0.25, 0.3) is 0 Å². The lowest BCUT2D eigenvalue weighted by Crippen LogP contribution is -2.38. The van der Waals surface area contributed by atoms with E-state index in [2.05, 4.69) is 5.32 Å². The van der Waals surface area contributed by atoms with E-state index in [9.17, 15) is 9.18 Å². The molecule has 0 unspecified atom stereocenters. The van der Waals surface area contributed by atoms with Crippen molar-refractivity contribution in [2.24, 2.45) is 0 Å². The summed E-state index contributed by atoms with van der Waals surface area (Å²) in [5, 5.41) is 3.03. The second-order valence-electron chi connectivity index (χ2n) is 8.66. The van der Waals surface area contributed by atoms with Crippen molar-refractivity contribution >= 4 is 11.7 Å². The number of carbonyl (C=O) groups excluding carboxylic acids is 1. The molecular formula is C28H27FN4O2. The zero-order valence-corrected chi connectivity index (χ0v) is 20.0. The van der Waals surface area contributed by atoms with Crippen LogP contribution in [-0.4, -0.2) is 27.1 Å². The van der Waals surface area contributed by atoms with Crippen LogP contribution in [0.25, 0.3) is 5.82 Å². The van der Waals surface area contributed by atoms with E-state index in [1.807, 2.05) is 74.0 Å². The van der Waals surface area contributed by atoms with Crippen LogP contribution in [0.4, 0.5) is 14.9 Å². The summed E-state index contributed by atoms with van der Waals surface area (Å²) in [6.45, 7) is 6.86. The van der Waals surface area contributed by atoms with Crippen molar-refractivity contribution < 1.29 is 13.9 Å². The van der Waals surface area contributed by atoms with Crippen LogP contribution >= 0.6 is 0 Å². The summed E-state index contributed by atoms with van der Waals surface area (Å²) >= 11 is 0. The quantitative estimate of drug-likeness (QED) is 0.388. The highest BCUT2D eigenvalue weighted by Crippen LogP contribution is 2.37. The fourth-order valence-corrected chi connectivity index (χ4v) is 4.65. The molecule has 0 bridgehead atoms. The lowest BCUT2D eigenvalue weighted by atomic mass is 10.0. The van der Waals surface area contributed by atoms with Crippen LogP contribution in [0.15, 0.2) is 72.9 Å². The molecule has 0 aliphatic carbocycles. The molecule has 1 aliphatic rings. The van der Waals surface area contributed by atoms with Crippen molar-refractivity contribution in [2.45, 2.75) is 33.4 Å². The Labute approximate surface area is 204 Å². The van der Waals surface area contributed by atoms with Crippen molar-refractivity contribution in [2.75, 3.05) is 11.9 Å². The predicted molar refractivity (Wildman–Crippen MR) is 133 cm³/mol. The molecule has 7 heteroatoms. The Morgan fingerprint density at radius 1 is 1.11 bits per heavy atom. The number of halogens is 1. The molecule has 178 valence electrons. The van der Waals surface area contributed by atoms with Crippen molar-refractivity contribution in [3.05, 3.63) is 107 Å². The first-order chi connectivity index (χ1) is 16.9. The number of anilines is 1. The first kappa shape index (κ1) is 22.7. The average molecular weight is 471 g/mol. The van der Waals surface area contributed by atoms with E-state index in [1.165, 1.54) is 12.1 Å². The highest BCUT2D eigenvalue weighted by atomic mass is 19.1. The number of aryl methyl sites for hydroxylation is 2. The number of carbonyl (C=O) groups is 1. The number of aromatic nitrogens is 2. The van der Waals surface area contributed by atoms with Crippen molar-refractivity contribution in [1.82, 2.24) is 14.5 Å². The average Bonchev–Trinajstić information content (AvgIpc) is 3.26. The number of hydrogen-bond acceptors (Lipinski definition) is 3. The van der Waals surface area contributed by atoms with Gasteiger partial charge in [-0.3, -0.25) is 0 Å². The smallest absolute Gasteiger partial charge is 0.322 e. The number of nitrogens with one attached hydrogen (secondary N) is 1. The molecule has 2 aromatic carbocycles. The van der Waals surface area contributed by atoms with Crippen LogP contribution in [0, 0.1) is 19.7 Å². The molecule has 0 spiro atoms. The molecule has 0 saturated carbocycles. The molecule has 4 aromatic rings. The summed E-state index contributed by atoms with van der Waals surface area (Å²) in [5.41, 5.74) is 5.30. The van der Waals surface area contributed by atoms with Gasteiger partial charge in [-0.1, -0.05) is 12.1 Å². The molecular weight excluding hydrogens is 443 g/mol. The molecule has 1 atom stereocenters. The Kier molecular flexibility index (Phi) is 5.99. The number of nitrogens with zero attached hydrogens (tertiary/aromatic N) is 3. The molecule has 1 N–H and O–H groups in total. The van der Waals surface area contributed by atoms with Crippen LogP contribution in [-0.2, 0) is 6.54 Å². The number of benzene rings is 2. The molecule has 2 aromatic heterocycles. The molecule has 6 nitrogen and oxygen atoms in total. The maximum absolute atomic E-state index is 13.8. The topological polar surface area (TPSA) is 59.4 Å². The van der Waals surface area contributed by atoms with Crippen LogP contribution in [0.5, 0.6) is 5.75 Å². The SMILES string of the molecule is CCOc1ccc(NC(=O)N2Cc3c(C)cc(C)nc3-n3cccc3[C@H]2c2ccc(F)cc2)cc1. The molecule has 3 heterocycles. The Balaban J connectivity index is 1.60. The van der Waals surface area contributed by atoms with E-state index >= 15 is 0 Å². The second kappa shape index (κ2) is 9.25. The molecule has 5 rings (SSSR count). The fourth-order valence-electron chi connectivity index (χ4n) is 4.65. The maximum atomic E-state index is 13.8. The minimum absolute atomic E-state index is 0.260. The molecule has 0 fully saturated rings. The number of amides is 2. The summed E-state index contributed by atoms with van der Waals surface area (Å²) in [4.78, 5) is 20.4. The third-order valence-electron chi connectivity index (χ3n) is 6.25. The van der Waals surface area contributed by atoms with E-state index in [4.69, 9.17) is 9.72 Å². The zero-order chi connectivity index (χ0) is 24.5. The Bertz CT molecular complexity index is 1360. The Hall–Kier alpha value is -4.13. The van der Waals surface area contributed by atoms with Crippen LogP contribution in [0.1, 0.15) is 41.0 Å². The first-order valence-electron chi connectivity index (χ1n) is 11.7. The molecule has 35 heavy (non-hydrogen) atoms. The van der Waals surface area contributed by atoms with Gasteiger partial charge in [-0.2, -0.15) is 0 Å². The summed E-state index contributed by atoms with van der Waals surface area (Å²) in [6, 6.07) is 18.9. The lowest BCUT2D eigenvalue weighted by Gasteiger charge is -2.31. The standard InChI is InChI=1S/C28H27FN4O2/c1-4-35-23-13-11-22(12-14-23)31-28(34)33-17-24-18(2)16-19(3)30-27(24)32-15-5-6-25(32)26(33)20-7-9-21(29)10-8-20/h5-16,26H,4,17H2,1-3H3,(H,31,34)/t26-/m1/s1. The zero-order valence-electron chi connectivity index (χ0n) is 20.0. The van der Waals surface area contributed by atoms with E-state index in [1.54, 1.807) is 17.0 Å². The number of ether oxygens (including phenoxy) is 1. The van der Waals surface area contributed by atoms with Gasteiger partial charge in [-0.05, 0) is 86.5 Å². The number of urea groups is 1. The van der Waals surface area contributed by atoms with Gasteiger partial charge >= 0.3 is 6.03 Å². The van der Waals surface area contributed by atoms with Crippen LogP contribution in [0.2, 0.25) is 0 Å². The number of pyridine rings is 1. The summed E-state index contributed by atoms with van der Waals surface area (Å²) in [7, 11) is 0. The van der Waals surface area contributed by atoms with E-state index in [0.29, 0.717) is 18.8 Å². The second-order valence-corrected chi connectivity index (χ2v) is 8.66. The van der Waals surface area contributed by atoms with Crippen molar-refractivity contribution in [3.63, 3.8) is 0 Å². The van der Waals surface area contributed by atoms with E-state index < -0.39 is 6.04 Å². The highest BCUT2D eigenvalue weighted by Gasteiger charge is 2.34. The van der Waals surface area contributed by atoms with Gasteiger partial charge < -0.3 is 19.5 Å². The minimum Gasteiger partial charge on any atom is -0.494 e. The fraction of sp³-hybridized carbons (Fsp3) is 0.214. The molecule has 2 amide bonds. The number of hydrogen-bond donors (Lipinski definition) is 1. The summed E-state index contributed by atoms with van der Waals surface area (Å²) < 4.78 is 21.3. The van der Waals surface area contributed by atoms with Gasteiger partial charge in [0, 0.05) is 23.1 Å². The minimum atomic E-state index is -0.442. The largest absolute Gasteiger partial charge is 0.494 e. The molecule has 1 aliphatic heterocycles. The van der Waals surface area contributed by atoms with Crippen LogP contribution < -0.4 is 10.1 Å². The third-order valence-corrected chi connectivity index (χ3v) is 6.25. The van der Waals surface area contributed by atoms with Gasteiger partial charge in [0.1, 0.15) is 17.4 Å². The van der Waals surface area contributed by atoms with Gasteiger partial charge in [0.15, 0.2) is 0 Å². The van der Waals surface area contributed by atoms with Gasteiger partial charge in [-0.25, -0.2) is 14.2 Å². The van der Waals surface area contributed by atoms with Gasteiger partial charge in [0.2, 0.25) is 0 Å². The first-order valence-corrected chi connectivity index (χ1v) is 11.7. The van der Waals surface area contributed by atoms with Crippen LogP contribution in [0.3, 0.4) is 0 Å². The maximum Gasteiger partial charge on any atom is 0.322 e. The summed E-state index contributed by atoms with van der Waals surface area (Å²) in [6.07, 6.45) is 1.96. The Morgan fingerprint density at radius 2 is 1.86 bits per heavy atom. The van der Waals surface area contributed by atoms with Gasteiger partial charge in [-0.15, -0.1) is 0 Å².